The molecule has 0 spiro atoms. The van der Waals surface area contributed by atoms with Crippen LogP contribution in [0.2, 0.25) is 5.02 Å². The normalized spacial score (nSPS) is 18.1. The summed E-state index contributed by atoms with van der Waals surface area (Å²) in [6.45, 7) is 3.11. The average Bonchev–Trinajstić information content (AvgIpc) is 3.30. The fourth-order valence-corrected chi connectivity index (χ4v) is 3.13. The predicted molar refractivity (Wildman–Crippen MR) is 96.9 cm³/mol. The lowest BCUT2D eigenvalue weighted by molar-refractivity contribution is -0.122. The van der Waals surface area contributed by atoms with E-state index in [9.17, 15) is 4.79 Å². The summed E-state index contributed by atoms with van der Waals surface area (Å²) in [6.07, 6.45) is 4.14. The van der Waals surface area contributed by atoms with E-state index in [0.29, 0.717) is 5.02 Å². The lowest BCUT2D eigenvalue weighted by Gasteiger charge is -2.22. The summed E-state index contributed by atoms with van der Waals surface area (Å²) in [6, 6.07) is 7.10. The highest BCUT2D eigenvalue weighted by atomic mass is 35.5. The molecule has 0 aliphatic carbocycles. The molecule has 1 aromatic carbocycles. The van der Waals surface area contributed by atoms with Crippen LogP contribution in [0.4, 0.5) is 5.69 Å². The van der Waals surface area contributed by atoms with Crippen LogP contribution in [0.15, 0.2) is 29.4 Å². The summed E-state index contributed by atoms with van der Waals surface area (Å²) in [4.78, 5) is 16.5. The number of amidine groups is 1. The fourth-order valence-electron chi connectivity index (χ4n) is 3.01. The third-order valence-corrected chi connectivity index (χ3v) is 4.64. The van der Waals surface area contributed by atoms with Gasteiger partial charge in [-0.05, 0) is 49.9 Å². The van der Waals surface area contributed by atoms with Crippen molar-refractivity contribution in [2.75, 3.05) is 31.6 Å². The number of nitrogens with zero attached hydrogens (tertiary/aromatic N) is 3. The third kappa shape index (κ3) is 3.87. The number of halogens is 1. The van der Waals surface area contributed by atoms with Gasteiger partial charge in [-0.3, -0.25) is 15.6 Å². The SMILES string of the molecule is N=C(/C(=N/Nc1ccc(Cl)cc1)C(=O)N1CCCC1)N1CCCC1. The first-order chi connectivity index (χ1) is 11.6. The number of carbonyl (C=O) groups is 1. The lowest BCUT2D eigenvalue weighted by atomic mass is 10.2. The standard InChI is InChI=1S/C17H22ClN5O/c18-13-5-7-14(8-6-13)20-21-15(16(19)22-9-1-2-10-22)17(24)23-11-3-4-12-23/h5-8,19-20H,1-4,9-12H2/b19-16?,21-15-. The topological polar surface area (TPSA) is 71.8 Å². The second kappa shape index (κ2) is 7.66. The Labute approximate surface area is 147 Å². The molecular weight excluding hydrogens is 326 g/mol. The number of hydrogen-bond donors (Lipinski definition) is 2. The molecule has 2 saturated heterocycles. The maximum Gasteiger partial charge on any atom is 0.278 e. The number of hydrogen-bond acceptors (Lipinski definition) is 4. The number of rotatable bonds is 4. The van der Waals surface area contributed by atoms with E-state index in [0.717, 1.165) is 57.5 Å². The van der Waals surface area contributed by atoms with Crippen LogP contribution in [0.25, 0.3) is 0 Å². The number of nitrogens with one attached hydrogen (secondary N) is 2. The summed E-state index contributed by atoms with van der Waals surface area (Å²) in [5.74, 6) is 0.0525. The summed E-state index contributed by atoms with van der Waals surface area (Å²) >= 11 is 5.88. The zero-order valence-electron chi connectivity index (χ0n) is 13.6. The van der Waals surface area contributed by atoms with Crippen molar-refractivity contribution in [2.45, 2.75) is 25.7 Å². The Morgan fingerprint density at radius 1 is 1.00 bits per heavy atom. The van der Waals surface area contributed by atoms with Crippen LogP contribution in [-0.2, 0) is 4.79 Å². The minimum Gasteiger partial charge on any atom is -0.355 e. The van der Waals surface area contributed by atoms with Gasteiger partial charge in [0.2, 0.25) is 0 Å². The molecule has 2 N–H and O–H groups in total. The molecule has 6 nitrogen and oxygen atoms in total. The molecule has 0 aromatic heterocycles. The Bertz CT molecular complexity index is 601. The van der Waals surface area contributed by atoms with Gasteiger partial charge in [-0.1, -0.05) is 11.6 Å². The number of hydrazone groups is 1. The zero-order chi connectivity index (χ0) is 16.9. The smallest absolute Gasteiger partial charge is 0.278 e. The molecule has 0 bridgehead atoms. The highest BCUT2D eigenvalue weighted by Gasteiger charge is 2.29. The molecule has 2 aliphatic heterocycles. The number of likely N-dealkylation sites (tertiary alicyclic amines) is 2. The molecule has 128 valence electrons. The average molecular weight is 348 g/mol. The van der Waals surface area contributed by atoms with Gasteiger partial charge in [0.05, 0.1) is 5.69 Å². The minimum absolute atomic E-state index is 0.161. The van der Waals surface area contributed by atoms with E-state index >= 15 is 0 Å². The zero-order valence-corrected chi connectivity index (χ0v) is 14.4. The molecule has 2 heterocycles. The molecule has 0 saturated carbocycles. The third-order valence-electron chi connectivity index (χ3n) is 4.38. The minimum atomic E-state index is -0.161. The molecule has 1 aromatic rings. The predicted octanol–water partition coefficient (Wildman–Crippen LogP) is 2.80. The Morgan fingerprint density at radius 3 is 2.12 bits per heavy atom. The van der Waals surface area contributed by atoms with Crippen LogP contribution in [0.3, 0.4) is 0 Å². The van der Waals surface area contributed by atoms with Gasteiger partial charge in [0.25, 0.3) is 5.91 Å². The molecule has 0 radical (unpaired) electrons. The lowest BCUT2D eigenvalue weighted by Crippen LogP contribution is -2.44. The van der Waals surface area contributed by atoms with E-state index in [2.05, 4.69) is 10.5 Å². The highest BCUT2D eigenvalue weighted by Crippen LogP contribution is 2.15. The first-order valence-corrected chi connectivity index (χ1v) is 8.75. The molecule has 1 amide bonds. The molecule has 7 heteroatoms. The van der Waals surface area contributed by atoms with Gasteiger partial charge in [-0.25, -0.2) is 0 Å². The number of benzene rings is 1. The second-order valence-electron chi connectivity index (χ2n) is 6.12. The van der Waals surface area contributed by atoms with Crippen molar-refractivity contribution in [1.29, 1.82) is 5.41 Å². The van der Waals surface area contributed by atoms with Crippen LogP contribution in [0, 0.1) is 5.41 Å². The van der Waals surface area contributed by atoms with Crippen molar-refractivity contribution >= 4 is 34.7 Å². The van der Waals surface area contributed by atoms with E-state index < -0.39 is 0 Å². The van der Waals surface area contributed by atoms with Crippen molar-refractivity contribution in [2.24, 2.45) is 5.10 Å². The maximum absolute atomic E-state index is 12.8. The molecule has 2 aliphatic rings. The fraction of sp³-hybridized carbons (Fsp3) is 0.471. The van der Waals surface area contributed by atoms with Crippen LogP contribution in [-0.4, -0.2) is 53.4 Å². The van der Waals surface area contributed by atoms with Gasteiger partial charge in [-0.15, -0.1) is 0 Å². The Balaban J connectivity index is 1.79. The number of carbonyl (C=O) groups excluding carboxylic acids is 1. The van der Waals surface area contributed by atoms with E-state index in [-0.39, 0.29) is 17.5 Å². The van der Waals surface area contributed by atoms with Crippen molar-refractivity contribution in [1.82, 2.24) is 9.80 Å². The van der Waals surface area contributed by atoms with E-state index in [1.165, 1.54) is 0 Å². The van der Waals surface area contributed by atoms with E-state index in [1.807, 2.05) is 4.90 Å². The molecule has 24 heavy (non-hydrogen) atoms. The molecule has 3 rings (SSSR count). The van der Waals surface area contributed by atoms with Crippen molar-refractivity contribution < 1.29 is 4.79 Å². The van der Waals surface area contributed by atoms with Gasteiger partial charge >= 0.3 is 0 Å². The van der Waals surface area contributed by atoms with Gasteiger partial charge in [0, 0.05) is 31.2 Å². The quantitative estimate of drug-likeness (QED) is 0.500. The summed E-state index contributed by atoms with van der Waals surface area (Å²) in [5.41, 5.74) is 3.82. The molecular formula is C17H22ClN5O. The summed E-state index contributed by atoms with van der Waals surface area (Å²) < 4.78 is 0. The van der Waals surface area contributed by atoms with Crippen LogP contribution >= 0.6 is 11.6 Å². The van der Waals surface area contributed by atoms with E-state index in [1.54, 1.807) is 29.2 Å². The van der Waals surface area contributed by atoms with Crippen LogP contribution < -0.4 is 5.43 Å². The first kappa shape index (κ1) is 16.8. The van der Waals surface area contributed by atoms with Gasteiger partial charge < -0.3 is 9.80 Å². The number of anilines is 1. The van der Waals surface area contributed by atoms with Gasteiger partial charge in [-0.2, -0.15) is 5.10 Å². The Morgan fingerprint density at radius 2 is 1.54 bits per heavy atom. The second-order valence-corrected chi connectivity index (χ2v) is 6.56. The highest BCUT2D eigenvalue weighted by molar-refractivity contribution is 6.65. The molecule has 0 atom stereocenters. The largest absolute Gasteiger partial charge is 0.355 e. The maximum atomic E-state index is 12.8. The van der Waals surface area contributed by atoms with Crippen LogP contribution in [0.5, 0.6) is 0 Å². The van der Waals surface area contributed by atoms with Gasteiger partial charge in [0.15, 0.2) is 11.5 Å². The number of amides is 1. The van der Waals surface area contributed by atoms with Crippen LogP contribution in [0.1, 0.15) is 25.7 Å². The summed E-state index contributed by atoms with van der Waals surface area (Å²) in [5, 5.41) is 13.3. The Hall–Kier alpha value is -2.08. The summed E-state index contributed by atoms with van der Waals surface area (Å²) in [7, 11) is 0. The molecule has 2 fully saturated rings. The van der Waals surface area contributed by atoms with Gasteiger partial charge in [0.1, 0.15) is 0 Å². The van der Waals surface area contributed by atoms with Crippen molar-refractivity contribution in [3.8, 4) is 0 Å². The van der Waals surface area contributed by atoms with Crippen molar-refractivity contribution in [3.63, 3.8) is 0 Å². The molecule has 0 unspecified atom stereocenters. The van der Waals surface area contributed by atoms with Crippen molar-refractivity contribution in [3.05, 3.63) is 29.3 Å². The monoisotopic (exact) mass is 347 g/mol. The first-order valence-electron chi connectivity index (χ1n) is 8.37. The Kier molecular flexibility index (Phi) is 5.35. The van der Waals surface area contributed by atoms with E-state index in [4.69, 9.17) is 17.0 Å².